The summed E-state index contributed by atoms with van der Waals surface area (Å²) in [7, 11) is 0. The summed E-state index contributed by atoms with van der Waals surface area (Å²) in [6.07, 6.45) is 7.70. The number of aliphatic hydroxyl groups excluding tert-OH is 1. The first-order valence-electron chi connectivity index (χ1n) is 16.7. The number of ketones is 1. The number of carbonyl (C=O) groups is 1. The molecule has 0 saturated carbocycles. The molecule has 247 valence electrons. The van der Waals surface area contributed by atoms with E-state index in [1.54, 1.807) is 17.7 Å². The summed E-state index contributed by atoms with van der Waals surface area (Å²) in [5.74, 6) is 1.63. The van der Waals surface area contributed by atoms with Gasteiger partial charge in [-0.2, -0.15) is 0 Å². The zero-order valence-electron chi connectivity index (χ0n) is 28.6. The summed E-state index contributed by atoms with van der Waals surface area (Å²) < 4.78 is 2.44. The van der Waals surface area contributed by atoms with Crippen molar-refractivity contribution in [1.29, 1.82) is 0 Å². The number of hydrogen-bond acceptors (Lipinski definition) is 5. The van der Waals surface area contributed by atoms with Gasteiger partial charge in [-0.05, 0) is 55.6 Å². The molecule has 0 unspecified atom stereocenters. The molecule has 5 rings (SSSR count). The van der Waals surface area contributed by atoms with Gasteiger partial charge >= 0.3 is 0 Å². The largest absolute Gasteiger partial charge is 0.512 e. The van der Waals surface area contributed by atoms with Crippen LogP contribution in [0.15, 0.2) is 66.7 Å². The van der Waals surface area contributed by atoms with Crippen LogP contribution in [0.2, 0.25) is 0 Å². The molecule has 0 fully saturated rings. The van der Waals surface area contributed by atoms with Crippen LogP contribution in [0.5, 0.6) is 0 Å². The van der Waals surface area contributed by atoms with Crippen molar-refractivity contribution in [2.75, 3.05) is 0 Å². The Balaban J connectivity index is 0.000000309. The number of nitrogens with zero attached hydrogens (tertiary/aromatic N) is 2. The van der Waals surface area contributed by atoms with Crippen LogP contribution in [0.25, 0.3) is 42.3 Å². The average molecular weight is 814 g/mol. The molecule has 5 aromatic rings. The second-order valence-corrected chi connectivity index (χ2v) is 13.8. The van der Waals surface area contributed by atoms with E-state index in [0.29, 0.717) is 11.8 Å². The van der Waals surface area contributed by atoms with E-state index in [9.17, 15) is 9.90 Å². The summed E-state index contributed by atoms with van der Waals surface area (Å²) in [5.41, 5.74) is 5.81. The van der Waals surface area contributed by atoms with Gasteiger partial charge in [0.15, 0.2) is 5.78 Å². The van der Waals surface area contributed by atoms with Crippen LogP contribution in [0.4, 0.5) is 0 Å². The zero-order valence-corrected chi connectivity index (χ0v) is 31.8. The van der Waals surface area contributed by atoms with Gasteiger partial charge in [-0.15, -0.1) is 40.5 Å². The molecule has 0 aliphatic heterocycles. The molecule has 0 amide bonds. The molecule has 2 aromatic heterocycles. The predicted molar refractivity (Wildman–Crippen MR) is 193 cm³/mol. The van der Waals surface area contributed by atoms with Crippen LogP contribution in [-0.4, -0.2) is 20.9 Å². The third-order valence-electron chi connectivity index (χ3n) is 8.73. The molecule has 3 aromatic carbocycles. The molecule has 1 radical (unpaired) electrons. The molecule has 46 heavy (non-hydrogen) atoms. The Bertz CT molecular complexity index is 1780. The maximum absolute atomic E-state index is 11.7. The van der Waals surface area contributed by atoms with Crippen molar-refractivity contribution in [3.63, 3.8) is 0 Å². The van der Waals surface area contributed by atoms with E-state index in [1.165, 1.54) is 32.7 Å². The minimum absolute atomic E-state index is 0. The van der Waals surface area contributed by atoms with E-state index < -0.39 is 0 Å². The van der Waals surface area contributed by atoms with E-state index in [1.807, 2.05) is 27.7 Å². The number of carbonyl (C=O) groups excluding carboxylic acids is 1. The smallest absolute Gasteiger partial charge is 0.162 e. The van der Waals surface area contributed by atoms with E-state index in [4.69, 9.17) is 4.98 Å². The van der Waals surface area contributed by atoms with Crippen molar-refractivity contribution in [2.24, 2.45) is 17.8 Å². The van der Waals surface area contributed by atoms with Crippen LogP contribution in [-0.2, 0) is 31.3 Å². The number of thiophene rings is 1. The molecule has 4 nitrogen and oxygen atoms in total. The van der Waals surface area contributed by atoms with E-state index in [2.05, 4.69) is 87.3 Å². The first-order valence-corrected chi connectivity index (χ1v) is 17.5. The van der Waals surface area contributed by atoms with Gasteiger partial charge in [-0.25, -0.2) is 4.98 Å². The van der Waals surface area contributed by atoms with Gasteiger partial charge < -0.3 is 5.11 Å². The molecule has 0 atom stereocenters. The Morgan fingerprint density at radius 1 is 0.891 bits per heavy atom. The van der Waals surface area contributed by atoms with Crippen molar-refractivity contribution in [3.8, 4) is 11.3 Å². The standard InChI is InChI=1S/C27H25N2S.C13H24O2.Ir/c1-16(2)11-18-9-10-22-24(12-18)30-27-25(28-15-29-26(22)27)20-13-19-7-5-6-8-21(19)23(14-20)17(3)4;1-5-10(6-2)12(14)9-13(15)11(7-3)8-4;/h5-10,12,14-17H,11H2,1-4H3;9-11,14H,5-8H2,1-4H3;/q-1;;/b;12-9-;. The quantitative estimate of drug-likeness (QED) is 0.0820. The molecule has 0 bridgehead atoms. The molecule has 6 heteroatoms. The maximum atomic E-state index is 11.7. The number of benzene rings is 3. The van der Waals surface area contributed by atoms with Gasteiger partial charge in [0.1, 0.15) is 6.33 Å². The predicted octanol–water partition coefficient (Wildman–Crippen LogP) is 11.7. The molecule has 0 aliphatic carbocycles. The second kappa shape index (κ2) is 17.3. The van der Waals surface area contributed by atoms with Crippen LogP contribution in [0, 0.1) is 23.8 Å². The van der Waals surface area contributed by atoms with Crippen molar-refractivity contribution in [2.45, 2.75) is 93.4 Å². The zero-order chi connectivity index (χ0) is 32.7. The van der Waals surface area contributed by atoms with E-state index >= 15 is 0 Å². The molecular formula is C40H49IrN2O2S-. The summed E-state index contributed by atoms with van der Waals surface area (Å²) in [4.78, 5) is 21.1. The van der Waals surface area contributed by atoms with Crippen molar-refractivity contribution in [1.82, 2.24) is 9.97 Å². The maximum Gasteiger partial charge on any atom is 0.162 e. The number of allylic oxidation sites excluding steroid dienone is 2. The Morgan fingerprint density at radius 2 is 1.57 bits per heavy atom. The third kappa shape index (κ3) is 8.70. The SMILES string of the molecule is CC(C)Cc1ccc2c(c1)sc1c(-c3[c-]c4ccccc4c(C(C)C)c3)ncnc12.CCC(CC)C(=O)/C=C(\O)C(CC)CC.[Ir]. The van der Waals surface area contributed by atoms with Crippen LogP contribution in [0.3, 0.4) is 0 Å². The fraction of sp³-hybridized carbons (Fsp3) is 0.425. The minimum atomic E-state index is 0. The molecule has 1 N–H and O–H groups in total. The Morgan fingerprint density at radius 3 is 2.20 bits per heavy atom. The monoisotopic (exact) mass is 814 g/mol. The topological polar surface area (TPSA) is 63.1 Å². The Kier molecular flexibility index (Phi) is 14.1. The molecule has 0 aliphatic rings. The summed E-state index contributed by atoms with van der Waals surface area (Å²) in [5, 5.41) is 13.4. The number of hydrogen-bond donors (Lipinski definition) is 1. The molecule has 0 spiro atoms. The van der Waals surface area contributed by atoms with Crippen LogP contribution < -0.4 is 0 Å². The molecule has 0 saturated heterocycles. The number of rotatable bonds is 11. The second-order valence-electron chi connectivity index (χ2n) is 12.8. The van der Waals surface area contributed by atoms with Gasteiger partial charge in [-0.3, -0.25) is 9.78 Å². The number of fused-ring (bicyclic) bond motifs is 4. The van der Waals surface area contributed by atoms with Gasteiger partial charge in [-0.1, -0.05) is 96.7 Å². The van der Waals surface area contributed by atoms with Crippen molar-refractivity contribution < 1.29 is 30.0 Å². The normalized spacial score (nSPS) is 12.0. The van der Waals surface area contributed by atoms with Gasteiger partial charge in [0.25, 0.3) is 0 Å². The van der Waals surface area contributed by atoms with Crippen molar-refractivity contribution in [3.05, 3.63) is 83.9 Å². The summed E-state index contributed by atoms with van der Waals surface area (Å²) in [6.45, 7) is 17.1. The van der Waals surface area contributed by atoms with E-state index in [-0.39, 0.29) is 43.5 Å². The number of aliphatic hydroxyl groups is 1. The summed E-state index contributed by atoms with van der Waals surface area (Å²) in [6, 6.07) is 21.2. The fourth-order valence-corrected chi connectivity index (χ4v) is 7.28. The third-order valence-corrected chi connectivity index (χ3v) is 9.88. The summed E-state index contributed by atoms with van der Waals surface area (Å²) >= 11 is 1.80. The molecule has 2 heterocycles. The first-order chi connectivity index (χ1) is 21.6. The van der Waals surface area contributed by atoms with Gasteiger partial charge in [0.05, 0.1) is 11.3 Å². The average Bonchev–Trinajstić information content (AvgIpc) is 3.39. The van der Waals surface area contributed by atoms with Crippen molar-refractivity contribution >= 4 is 48.2 Å². The van der Waals surface area contributed by atoms with E-state index in [0.717, 1.165) is 59.0 Å². The molecular weight excluding hydrogens is 765 g/mol. The van der Waals surface area contributed by atoms with Crippen LogP contribution >= 0.6 is 11.3 Å². The fourth-order valence-electron chi connectivity index (χ4n) is 6.05. The number of aromatic nitrogens is 2. The van der Waals surface area contributed by atoms with Gasteiger partial charge in [0, 0.05) is 58.5 Å². The Labute approximate surface area is 293 Å². The van der Waals surface area contributed by atoms with Crippen LogP contribution in [0.1, 0.15) is 98.1 Å². The minimum Gasteiger partial charge on any atom is -0.512 e. The Hall–Kier alpha value is -2.92. The van der Waals surface area contributed by atoms with Gasteiger partial charge in [0.2, 0.25) is 0 Å². The first kappa shape index (κ1) is 37.5.